The van der Waals surface area contributed by atoms with Gasteiger partial charge in [0.25, 0.3) is 11.8 Å². The van der Waals surface area contributed by atoms with Crippen molar-refractivity contribution in [2.75, 3.05) is 13.2 Å². The Labute approximate surface area is 155 Å². The zero-order chi connectivity index (χ0) is 19.8. The molecule has 0 radical (unpaired) electrons. The van der Waals surface area contributed by atoms with Gasteiger partial charge in [-0.3, -0.25) is 24.8 Å². The predicted octanol–water partition coefficient (Wildman–Crippen LogP) is 0.460. The van der Waals surface area contributed by atoms with Gasteiger partial charge >= 0.3 is 12.0 Å². The van der Waals surface area contributed by atoms with Crippen LogP contribution < -0.4 is 16.0 Å². The number of hydrogen-bond donors (Lipinski definition) is 4. The standard InChI is InChI=1S/C17H21N5O5/c1-10(2)19-17(26)20-13(23)9-27-14(24)7-8-18-16(25)15-11-5-3-4-6-12(11)21-22-15/h3-6,10H,7-9H2,1-2H3,(H,18,25)(H,21,22)(H2,19,20,23,26). The van der Waals surface area contributed by atoms with E-state index in [1.165, 1.54) is 0 Å². The molecule has 0 aliphatic rings. The molecule has 2 aromatic rings. The topological polar surface area (TPSA) is 142 Å². The SMILES string of the molecule is CC(C)NC(=O)NC(=O)COC(=O)CCNC(=O)c1n[nH]c2ccccc12. The van der Waals surface area contributed by atoms with Crippen LogP contribution in [0.25, 0.3) is 10.9 Å². The maximum absolute atomic E-state index is 12.1. The predicted molar refractivity (Wildman–Crippen MR) is 95.8 cm³/mol. The molecule has 0 aliphatic heterocycles. The van der Waals surface area contributed by atoms with Crippen LogP contribution in [-0.2, 0) is 14.3 Å². The molecule has 1 aromatic carbocycles. The summed E-state index contributed by atoms with van der Waals surface area (Å²) in [6.45, 7) is 2.92. The average Bonchev–Trinajstić information content (AvgIpc) is 3.03. The Morgan fingerprint density at radius 3 is 2.67 bits per heavy atom. The van der Waals surface area contributed by atoms with E-state index in [-0.39, 0.29) is 24.7 Å². The van der Waals surface area contributed by atoms with E-state index < -0.39 is 30.4 Å². The Bertz CT molecular complexity index is 845. The fourth-order valence-electron chi connectivity index (χ4n) is 2.18. The van der Waals surface area contributed by atoms with Crippen molar-refractivity contribution >= 4 is 34.7 Å². The number of fused-ring (bicyclic) bond motifs is 1. The molecule has 4 N–H and O–H groups in total. The number of rotatable bonds is 7. The first-order valence-electron chi connectivity index (χ1n) is 8.34. The number of imide groups is 1. The fourth-order valence-corrected chi connectivity index (χ4v) is 2.18. The van der Waals surface area contributed by atoms with Gasteiger partial charge in [0.1, 0.15) is 0 Å². The second kappa shape index (κ2) is 9.32. The minimum atomic E-state index is -0.742. The van der Waals surface area contributed by atoms with Gasteiger partial charge in [-0.05, 0) is 19.9 Å². The number of nitrogens with zero attached hydrogens (tertiary/aromatic N) is 1. The maximum Gasteiger partial charge on any atom is 0.321 e. The summed E-state index contributed by atoms with van der Waals surface area (Å²) in [7, 11) is 0. The zero-order valence-corrected chi connectivity index (χ0v) is 15.0. The molecule has 144 valence electrons. The van der Waals surface area contributed by atoms with Crippen LogP contribution in [0, 0.1) is 0 Å². The Kier molecular flexibility index (Phi) is 6.86. The van der Waals surface area contributed by atoms with Crippen molar-refractivity contribution in [1.29, 1.82) is 0 Å². The quantitative estimate of drug-likeness (QED) is 0.518. The van der Waals surface area contributed by atoms with E-state index in [1.54, 1.807) is 32.0 Å². The normalized spacial score (nSPS) is 10.5. The lowest BCUT2D eigenvalue weighted by molar-refractivity contribution is -0.148. The van der Waals surface area contributed by atoms with Gasteiger partial charge in [0.2, 0.25) is 0 Å². The molecule has 1 heterocycles. The Morgan fingerprint density at radius 2 is 1.93 bits per heavy atom. The summed E-state index contributed by atoms with van der Waals surface area (Å²) in [5, 5.41) is 14.4. The summed E-state index contributed by atoms with van der Waals surface area (Å²) in [4.78, 5) is 46.5. The monoisotopic (exact) mass is 375 g/mol. The number of esters is 1. The number of urea groups is 1. The molecule has 4 amide bonds. The highest BCUT2D eigenvalue weighted by Crippen LogP contribution is 2.14. The molecule has 0 unspecified atom stereocenters. The van der Waals surface area contributed by atoms with E-state index >= 15 is 0 Å². The number of amides is 4. The van der Waals surface area contributed by atoms with E-state index in [4.69, 9.17) is 4.74 Å². The van der Waals surface area contributed by atoms with Gasteiger partial charge in [0.15, 0.2) is 12.3 Å². The van der Waals surface area contributed by atoms with Gasteiger partial charge in [-0.15, -0.1) is 0 Å². The lowest BCUT2D eigenvalue weighted by Crippen LogP contribution is -2.44. The summed E-state index contributed by atoms with van der Waals surface area (Å²) >= 11 is 0. The van der Waals surface area contributed by atoms with Crippen LogP contribution in [0.4, 0.5) is 4.79 Å². The summed E-state index contributed by atoms with van der Waals surface area (Å²) in [5.74, 6) is -1.85. The molecule has 10 nitrogen and oxygen atoms in total. The summed E-state index contributed by atoms with van der Waals surface area (Å²) in [6, 6.07) is 6.37. The Hall–Kier alpha value is -3.43. The summed E-state index contributed by atoms with van der Waals surface area (Å²) in [6.07, 6.45) is -0.125. The molecule has 2 rings (SSSR count). The number of hydrogen-bond acceptors (Lipinski definition) is 6. The fraction of sp³-hybridized carbons (Fsp3) is 0.353. The summed E-state index contributed by atoms with van der Waals surface area (Å²) < 4.78 is 4.75. The van der Waals surface area contributed by atoms with Crippen LogP contribution in [0.2, 0.25) is 0 Å². The average molecular weight is 375 g/mol. The number of aromatic nitrogens is 2. The molecule has 0 saturated carbocycles. The van der Waals surface area contributed by atoms with Crippen LogP contribution >= 0.6 is 0 Å². The molecule has 27 heavy (non-hydrogen) atoms. The van der Waals surface area contributed by atoms with Crippen molar-refractivity contribution in [3.8, 4) is 0 Å². The summed E-state index contributed by atoms with van der Waals surface area (Å²) in [5.41, 5.74) is 0.962. The van der Waals surface area contributed by atoms with Crippen molar-refractivity contribution < 1.29 is 23.9 Å². The first-order valence-corrected chi connectivity index (χ1v) is 8.34. The van der Waals surface area contributed by atoms with Crippen molar-refractivity contribution in [3.63, 3.8) is 0 Å². The third kappa shape index (κ3) is 6.10. The van der Waals surface area contributed by atoms with E-state index in [1.807, 2.05) is 11.4 Å². The largest absolute Gasteiger partial charge is 0.456 e. The van der Waals surface area contributed by atoms with E-state index in [0.29, 0.717) is 5.39 Å². The van der Waals surface area contributed by atoms with Crippen molar-refractivity contribution in [2.45, 2.75) is 26.3 Å². The number of H-pyrrole nitrogens is 1. The number of carbonyl (C=O) groups is 4. The molecule has 0 bridgehead atoms. The molecule has 10 heteroatoms. The number of benzene rings is 1. The molecular weight excluding hydrogens is 354 g/mol. The van der Waals surface area contributed by atoms with Crippen LogP contribution in [0.3, 0.4) is 0 Å². The lowest BCUT2D eigenvalue weighted by Gasteiger charge is -2.09. The molecule has 0 spiro atoms. The third-order valence-corrected chi connectivity index (χ3v) is 3.34. The molecule has 1 aromatic heterocycles. The van der Waals surface area contributed by atoms with E-state index in [9.17, 15) is 19.2 Å². The number of para-hydroxylation sites is 1. The van der Waals surface area contributed by atoms with Crippen molar-refractivity contribution in [2.24, 2.45) is 0 Å². The highest BCUT2D eigenvalue weighted by atomic mass is 16.5. The molecule has 0 aliphatic carbocycles. The van der Waals surface area contributed by atoms with Crippen LogP contribution in [0.1, 0.15) is 30.8 Å². The van der Waals surface area contributed by atoms with Gasteiger partial charge in [-0.1, -0.05) is 18.2 Å². The van der Waals surface area contributed by atoms with Gasteiger partial charge in [0, 0.05) is 18.0 Å². The second-order valence-corrected chi connectivity index (χ2v) is 5.96. The Morgan fingerprint density at radius 1 is 1.19 bits per heavy atom. The van der Waals surface area contributed by atoms with E-state index in [0.717, 1.165) is 5.52 Å². The second-order valence-electron chi connectivity index (χ2n) is 5.96. The van der Waals surface area contributed by atoms with Gasteiger partial charge in [0.05, 0.1) is 11.9 Å². The number of carbonyl (C=O) groups excluding carboxylic acids is 4. The van der Waals surface area contributed by atoms with E-state index in [2.05, 4.69) is 20.8 Å². The Balaban J connectivity index is 1.69. The molecule has 0 atom stereocenters. The van der Waals surface area contributed by atoms with Crippen LogP contribution in [-0.4, -0.2) is 53.2 Å². The first-order chi connectivity index (χ1) is 12.9. The first kappa shape index (κ1) is 19.9. The van der Waals surface area contributed by atoms with Crippen molar-refractivity contribution in [1.82, 2.24) is 26.1 Å². The number of aromatic amines is 1. The molecule has 0 saturated heterocycles. The molecular formula is C17H21N5O5. The van der Waals surface area contributed by atoms with Crippen LogP contribution in [0.15, 0.2) is 24.3 Å². The van der Waals surface area contributed by atoms with Gasteiger partial charge in [-0.25, -0.2) is 4.79 Å². The minimum absolute atomic E-state index is 0.0221. The highest BCUT2D eigenvalue weighted by molar-refractivity contribution is 6.04. The lowest BCUT2D eigenvalue weighted by atomic mass is 10.2. The molecule has 0 fully saturated rings. The highest BCUT2D eigenvalue weighted by Gasteiger charge is 2.15. The number of nitrogens with one attached hydrogen (secondary N) is 4. The van der Waals surface area contributed by atoms with Gasteiger partial charge < -0.3 is 15.4 Å². The zero-order valence-electron chi connectivity index (χ0n) is 15.0. The maximum atomic E-state index is 12.1. The van der Waals surface area contributed by atoms with Gasteiger partial charge in [-0.2, -0.15) is 5.10 Å². The van der Waals surface area contributed by atoms with Crippen LogP contribution in [0.5, 0.6) is 0 Å². The minimum Gasteiger partial charge on any atom is -0.456 e. The number of ether oxygens (including phenoxy) is 1. The van der Waals surface area contributed by atoms with Crippen molar-refractivity contribution in [3.05, 3.63) is 30.0 Å². The third-order valence-electron chi connectivity index (χ3n) is 3.34. The smallest absolute Gasteiger partial charge is 0.321 e.